The Labute approximate surface area is 85.3 Å². The van der Waals surface area contributed by atoms with Gasteiger partial charge in [-0.25, -0.2) is 0 Å². The molecule has 0 amide bonds. The monoisotopic (exact) mass is 193 g/mol. The summed E-state index contributed by atoms with van der Waals surface area (Å²) in [7, 11) is 0. The van der Waals surface area contributed by atoms with E-state index in [4.69, 9.17) is 0 Å². The molecule has 0 aliphatic carbocycles. The quantitative estimate of drug-likeness (QED) is 0.769. The number of nitrogens with zero attached hydrogens (tertiary/aromatic N) is 1. The fourth-order valence-electron chi connectivity index (χ4n) is 2.70. The summed E-state index contributed by atoms with van der Waals surface area (Å²) in [4.78, 5) is 0. The van der Waals surface area contributed by atoms with Crippen molar-refractivity contribution in [3.63, 3.8) is 0 Å². The van der Waals surface area contributed by atoms with Crippen molar-refractivity contribution in [2.45, 2.75) is 32.6 Å². The fourth-order valence-corrected chi connectivity index (χ4v) is 2.70. The molecule has 1 aliphatic rings. The third-order valence-corrected chi connectivity index (χ3v) is 3.87. The van der Waals surface area contributed by atoms with E-state index in [9.17, 15) is 0 Å². The highest BCUT2D eigenvalue weighted by Gasteiger charge is 2.41. The molecule has 1 fully saturated rings. The Bertz CT molecular complexity index is 275. The zero-order valence-corrected chi connectivity index (χ0v) is 9.01. The summed E-state index contributed by atoms with van der Waals surface area (Å²) in [6, 6.07) is 2.11. The van der Waals surface area contributed by atoms with Crippen LogP contribution in [0.5, 0.6) is 0 Å². The van der Waals surface area contributed by atoms with Gasteiger partial charge in [-0.15, -0.1) is 0 Å². The summed E-state index contributed by atoms with van der Waals surface area (Å²) in [6.45, 7) is 6.81. The molecule has 78 valence electrons. The van der Waals surface area contributed by atoms with E-state index in [0.29, 0.717) is 11.3 Å². The average molecular weight is 193 g/mol. The smallest absolute Gasteiger partial charge is 0.0490 e. The van der Waals surface area contributed by atoms with Crippen molar-refractivity contribution < 1.29 is 0 Å². The van der Waals surface area contributed by atoms with Gasteiger partial charge in [0.25, 0.3) is 0 Å². The van der Waals surface area contributed by atoms with Gasteiger partial charge in [0.2, 0.25) is 0 Å². The standard InChI is InChI=1S/C11H19N3/c1-3-11(4-2)8-12-7-9(11)10-5-6-13-14-10/h5-6,9,12H,3-4,7-8H2,1-2H3,(H,13,14). The molecular weight excluding hydrogens is 174 g/mol. The van der Waals surface area contributed by atoms with Crippen LogP contribution in [0.1, 0.15) is 38.3 Å². The van der Waals surface area contributed by atoms with Crippen molar-refractivity contribution >= 4 is 0 Å². The van der Waals surface area contributed by atoms with Gasteiger partial charge < -0.3 is 5.32 Å². The molecule has 2 rings (SSSR count). The first-order chi connectivity index (χ1) is 6.82. The number of rotatable bonds is 3. The van der Waals surface area contributed by atoms with Crippen molar-refractivity contribution in [1.82, 2.24) is 15.5 Å². The van der Waals surface area contributed by atoms with Crippen LogP contribution in [-0.4, -0.2) is 23.3 Å². The van der Waals surface area contributed by atoms with E-state index in [1.807, 2.05) is 6.20 Å². The fraction of sp³-hybridized carbons (Fsp3) is 0.727. The normalized spacial score (nSPS) is 25.4. The molecule has 0 radical (unpaired) electrons. The van der Waals surface area contributed by atoms with Crippen LogP contribution in [0, 0.1) is 5.41 Å². The van der Waals surface area contributed by atoms with Gasteiger partial charge in [-0.3, -0.25) is 5.10 Å². The van der Waals surface area contributed by atoms with Gasteiger partial charge in [0.05, 0.1) is 0 Å². The van der Waals surface area contributed by atoms with Crippen molar-refractivity contribution in [2.24, 2.45) is 5.41 Å². The molecule has 1 atom stereocenters. The molecule has 1 aromatic heterocycles. The maximum Gasteiger partial charge on any atom is 0.0490 e. The third kappa shape index (κ3) is 1.36. The first-order valence-corrected chi connectivity index (χ1v) is 5.52. The van der Waals surface area contributed by atoms with Gasteiger partial charge >= 0.3 is 0 Å². The Morgan fingerprint density at radius 3 is 2.86 bits per heavy atom. The van der Waals surface area contributed by atoms with Gasteiger partial charge in [-0.2, -0.15) is 5.10 Å². The SMILES string of the molecule is CCC1(CC)CNCC1c1ccn[nH]1. The Balaban J connectivity index is 2.26. The molecule has 1 aromatic rings. The van der Waals surface area contributed by atoms with Crippen molar-refractivity contribution in [2.75, 3.05) is 13.1 Å². The molecule has 0 spiro atoms. The van der Waals surface area contributed by atoms with E-state index in [-0.39, 0.29) is 0 Å². The Morgan fingerprint density at radius 2 is 2.29 bits per heavy atom. The number of hydrogen-bond acceptors (Lipinski definition) is 2. The van der Waals surface area contributed by atoms with Crippen molar-refractivity contribution in [3.05, 3.63) is 18.0 Å². The highest BCUT2D eigenvalue weighted by atomic mass is 15.1. The molecule has 0 aromatic carbocycles. The number of H-pyrrole nitrogens is 1. The minimum atomic E-state index is 0.437. The second kappa shape index (κ2) is 3.73. The molecule has 1 saturated heterocycles. The van der Waals surface area contributed by atoms with E-state index >= 15 is 0 Å². The number of nitrogens with one attached hydrogen (secondary N) is 2. The van der Waals surface area contributed by atoms with Crippen LogP contribution in [0.25, 0.3) is 0 Å². The second-order valence-corrected chi connectivity index (χ2v) is 4.26. The van der Waals surface area contributed by atoms with E-state index in [2.05, 4.69) is 35.4 Å². The largest absolute Gasteiger partial charge is 0.315 e. The topological polar surface area (TPSA) is 40.7 Å². The van der Waals surface area contributed by atoms with Gasteiger partial charge in [0.15, 0.2) is 0 Å². The first-order valence-electron chi connectivity index (χ1n) is 5.52. The van der Waals surface area contributed by atoms with Gasteiger partial charge in [-0.05, 0) is 24.3 Å². The molecule has 3 nitrogen and oxygen atoms in total. The molecule has 2 N–H and O–H groups in total. The third-order valence-electron chi connectivity index (χ3n) is 3.87. The van der Waals surface area contributed by atoms with Crippen LogP contribution in [0.3, 0.4) is 0 Å². The number of hydrogen-bond donors (Lipinski definition) is 2. The summed E-state index contributed by atoms with van der Waals surface area (Å²) >= 11 is 0. The van der Waals surface area contributed by atoms with Gasteiger partial charge in [0.1, 0.15) is 0 Å². The van der Waals surface area contributed by atoms with Gasteiger partial charge in [0, 0.05) is 30.9 Å². The predicted molar refractivity (Wildman–Crippen MR) is 57.2 cm³/mol. The molecule has 3 heteroatoms. The van der Waals surface area contributed by atoms with Crippen molar-refractivity contribution in [1.29, 1.82) is 0 Å². The lowest BCUT2D eigenvalue weighted by Gasteiger charge is -2.31. The first kappa shape index (κ1) is 9.71. The minimum Gasteiger partial charge on any atom is -0.315 e. The Hall–Kier alpha value is -0.830. The zero-order chi connectivity index (χ0) is 10.0. The molecular formula is C11H19N3. The molecule has 1 unspecified atom stereocenters. The van der Waals surface area contributed by atoms with Gasteiger partial charge in [-0.1, -0.05) is 13.8 Å². The molecule has 14 heavy (non-hydrogen) atoms. The van der Waals surface area contributed by atoms with E-state index in [1.165, 1.54) is 18.5 Å². The summed E-state index contributed by atoms with van der Waals surface area (Å²) in [5.41, 5.74) is 1.73. The molecule has 2 heterocycles. The summed E-state index contributed by atoms with van der Waals surface area (Å²) < 4.78 is 0. The Morgan fingerprint density at radius 1 is 1.50 bits per heavy atom. The number of aromatic amines is 1. The van der Waals surface area contributed by atoms with E-state index < -0.39 is 0 Å². The van der Waals surface area contributed by atoms with E-state index in [0.717, 1.165) is 13.1 Å². The Kier molecular flexibility index (Phi) is 2.59. The second-order valence-electron chi connectivity index (χ2n) is 4.26. The van der Waals surface area contributed by atoms with Crippen LogP contribution in [0.2, 0.25) is 0 Å². The molecule has 1 aliphatic heterocycles. The van der Waals surface area contributed by atoms with Crippen LogP contribution in [-0.2, 0) is 0 Å². The summed E-state index contributed by atoms with van der Waals surface area (Å²) in [5.74, 6) is 0.611. The van der Waals surface area contributed by atoms with Crippen LogP contribution < -0.4 is 5.32 Å². The summed E-state index contributed by atoms with van der Waals surface area (Å²) in [6.07, 6.45) is 4.32. The molecule has 0 saturated carbocycles. The zero-order valence-electron chi connectivity index (χ0n) is 9.01. The lowest BCUT2D eigenvalue weighted by molar-refractivity contribution is 0.257. The minimum absolute atomic E-state index is 0.437. The maximum atomic E-state index is 4.05. The molecule has 0 bridgehead atoms. The lowest BCUT2D eigenvalue weighted by Crippen LogP contribution is -2.27. The van der Waals surface area contributed by atoms with Crippen LogP contribution in [0.4, 0.5) is 0 Å². The predicted octanol–water partition coefficient (Wildman–Crippen LogP) is 1.90. The average Bonchev–Trinajstić information content (AvgIpc) is 2.86. The van der Waals surface area contributed by atoms with E-state index in [1.54, 1.807) is 0 Å². The van der Waals surface area contributed by atoms with Crippen molar-refractivity contribution in [3.8, 4) is 0 Å². The summed E-state index contributed by atoms with van der Waals surface area (Å²) in [5, 5.41) is 10.7. The maximum absolute atomic E-state index is 4.05. The van der Waals surface area contributed by atoms with Crippen LogP contribution >= 0.6 is 0 Å². The number of aromatic nitrogens is 2. The highest BCUT2D eigenvalue weighted by Crippen LogP contribution is 2.43. The lowest BCUT2D eigenvalue weighted by atomic mass is 9.72. The van der Waals surface area contributed by atoms with Crippen LogP contribution in [0.15, 0.2) is 12.3 Å². The highest BCUT2D eigenvalue weighted by molar-refractivity contribution is 5.15.